The molecule has 0 aromatic heterocycles. The second-order valence-corrected chi connectivity index (χ2v) is 8.25. The van der Waals surface area contributed by atoms with Crippen LogP contribution in [0.5, 0.6) is 0 Å². The van der Waals surface area contributed by atoms with E-state index in [2.05, 4.69) is 15.9 Å². The molecule has 0 heterocycles. The van der Waals surface area contributed by atoms with Crippen molar-refractivity contribution in [1.29, 1.82) is 0 Å². The zero-order valence-electron chi connectivity index (χ0n) is 10.7. The SMILES string of the molecule is CS(=O)(=O)c1ccc(Sc2ccc(CO)cc2Br)cc1. The van der Waals surface area contributed by atoms with Gasteiger partial charge in [0.15, 0.2) is 9.84 Å². The number of hydrogen-bond donors (Lipinski definition) is 1. The molecule has 0 aliphatic rings. The van der Waals surface area contributed by atoms with Crippen molar-refractivity contribution in [3.05, 3.63) is 52.5 Å². The zero-order chi connectivity index (χ0) is 14.8. The summed E-state index contributed by atoms with van der Waals surface area (Å²) in [5, 5.41) is 9.06. The molecule has 2 rings (SSSR count). The molecule has 3 nitrogen and oxygen atoms in total. The van der Waals surface area contributed by atoms with Gasteiger partial charge in [-0.05, 0) is 57.9 Å². The van der Waals surface area contributed by atoms with Gasteiger partial charge in [0.1, 0.15) is 0 Å². The normalized spacial score (nSPS) is 11.6. The minimum atomic E-state index is -3.16. The molecular weight excluding hydrogens is 360 g/mol. The number of aliphatic hydroxyl groups excluding tert-OH is 1. The summed E-state index contributed by atoms with van der Waals surface area (Å²) in [7, 11) is -3.16. The minimum absolute atomic E-state index is 0.00655. The van der Waals surface area contributed by atoms with Crippen LogP contribution >= 0.6 is 27.7 Å². The third kappa shape index (κ3) is 3.85. The molecule has 2 aromatic carbocycles. The highest BCUT2D eigenvalue weighted by Crippen LogP contribution is 2.34. The number of rotatable bonds is 4. The molecule has 0 amide bonds. The summed E-state index contributed by atoms with van der Waals surface area (Å²) in [6, 6.07) is 12.4. The van der Waals surface area contributed by atoms with Gasteiger partial charge in [0.05, 0.1) is 11.5 Å². The molecule has 0 unspecified atom stereocenters. The summed E-state index contributed by atoms with van der Waals surface area (Å²) in [5.41, 5.74) is 0.841. The van der Waals surface area contributed by atoms with Crippen LogP contribution in [0, 0.1) is 0 Å². The van der Waals surface area contributed by atoms with E-state index in [1.54, 1.807) is 24.3 Å². The molecule has 106 valence electrons. The molecule has 0 bridgehead atoms. The van der Waals surface area contributed by atoms with Gasteiger partial charge in [-0.2, -0.15) is 0 Å². The predicted octanol–water partition coefficient (Wildman–Crippen LogP) is 3.50. The van der Waals surface area contributed by atoms with Gasteiger partial charge in [0.2, 0.25) is 0 Å². The number of aliphatic hydroxyl groups is 1. The monoisotopic (exact) mass is 372 g/mol. The molecule has 2 aromatic rings. The maximum Gasteiger partial charge on any atom is 0.175 e. The standard InChI is InChI=1S/C14H13BrO3S2/c1-20(17,18)12-5-3-11(4-6-12)19-14-7-2-10(9-16)8-13(14)15/h2-8,16H,9H2,1H3. The van der Waals surface area contributed by atoms with E-state index in [0.717, 1.165) is 19.8 Å². The smallest absolute Gasteiger partial charge is 0.175 e. The molecular formula is C14H13BrO3S2. The van der Waals surface area contributed by atoms with Crippen molar-refractivity contribution < 1.29 is 13.5 Å². The van der Waals surface area contributed by atoms with Crippen LogP contribution in [0.4, 0.5) is 0 Å². The summed E-state index contributed by atoms with van der Waals surface area (Å²) < 4.78 is 23.7. The Morgan fingerprint density at radius 2 is 1.80 bits per heavy atom. The van der Waals surface area contributed by atoms with Gasteiger partial charge in [-0.1, -0.05) is 17.8 Å². The van der Waals surface area contributed by atoms with E-state index >= 15 is 0 Å². The first-order valence-electron chi connectivity index (χ1n) is 5.77. The highest BCUT2D eigenvalue weighted by atomic mass is 79.9. The van der Waals surface area contributed by atoms with E-state index in [1.807, 2.05) is 18.2 Å². The first-order chi connectivity index (χ1) is 9.40. The van der Waals surface area contributed by atoms with Crippen molar-refractivity contribution in [2.75, 3.05) is 6.26 Å². The molecule has 0 saturated heterocycles. The molecule has 0 fully saturated rings. The van der Waals surface area contributed by atoms with Crippen molar-refractivity contribution in [3.63, 3.8) is 0 Å². The van der Waals surface area contributed by atoms with Gasteiger partial charge < -0.3 is 5.11 Å². The van der Waals surface area contributed by atoms with Crippen LogP contribution in [0.2, 0.25) is 0 Å². The molecule has 6 heteroatoms. The van der Waals surface area contributed by atoms with Crippen LogP contribution in [0.3, 0.4) is 0 Å². The number of hydrogen-bond acceptors (Lipinski definition) is 4. The quantitative estimate of drug-likeness (QED) is 0.892. The Labute approximate surface area is 131 Å². The Balaban J connectivity index is 2.22. The van der Waals surface area contributed by atoms with Crippen molar-refractivity contribution in [2.24, 2.45) is 0 Å². The molecule has 0 aliphatic heterocycles. The zero-order valence-corrected chi connectivity index (χ0v) is 13.9. The van der Waals surface area contributed by atoms with Crippen molar-refractivity contribution in [3.8, 4) is 0 Å². The van der Waals surface area contributed by atoms with E-state index in [9.17, 15) is 8.42 Å². The Hall–Kier alpha value is -0.820. The molecule has 1 N–H and O–H groups in total. The van der Waals surface area contributed by atoms with E-state index < -0.39 is 9.84 Å². The van der Waals surface area contributed by atoms with E-state index in [1.165, 1.54) is 18.0 Å². The van der Waals surface area contributed by atoms with E-state index in [4.69, 9.17) is 5.11 Å². The van der Waals surface area contributed by atoms with Crippen LogP contribution in [-0.4, -0.2) is 19.8 Å². The van der Waals surface area contributed by atoms with E-state index in [0.29, 0.717) is 4.90 Å². The fraction of sp³-hybridized carbons (Fsp3) is 0.143. The first kappa shape index (κ1) is 15.6. The minimum Gasteiger partial charge on any atom is -0.392 e. The Morgan fingerprint density at radius 3 is 2.30 bits per heavy atom. The Kier molecular flexibility index (Phi) is 4.90. The number of sulfone groups is 1. The van der Waals surface area contributed by atoms with Gasteiger partial charge in [-0.15, -0.1) is 0 Å². The van der Waals surface area contributed by atoms with Crippen LogP contribution in [0.1, 0.15) is 5.56 Å². The van der Waals surface area contributed by atoms with Gasteiger partial charge in [-0.3, -0.25) is 0 Å². The maximum absolute atomic E-state index is 11.4. The van der Waals surface area contributed by atoms with Gasteiger partial charge in [-0.25, -0.2) is 8.42 Å². The number of benzene rings is 2. The molecule has 0 aliphatic carbocycles. The summed E-state index contributed by atoms with van der Waals surface area (Å²) >= 11 is 4.99. The third-order valence-corrected chi connectivity index (χ3v) is 5.79. The Bertz CT molecular complexity index is 710. The van der Waals surface area contributed by atoms with Crippen molar-refractivity contribution in [1.82, 2.24) is 0 Å². The lowest BCUT2D eigenvalue weighted by Gasteiger charge is -2.06. The molecule has 0 spiro atoms. The predicted molar refractivity (Wildman–Crippen MR) is 83.7 cm³/mol. The van der Waals surface area contributed by atoms with Gasteiger partial charge >= 0.3 is 0 Å². The fourth-order valence-corrected chi connectivity index (χ4v) is 3.73. The second-order valence-electron chi connectivity index (χ2n) is 4.27. The van der Waals surface area contributed by atoms with Crippen molar-refractivity contribution in [2.45, 2.75) is 21.3 Å². The van der Waals surface area contributed by atoms with Crippen LogP contribution < -0.4 is 0 Å². The van der Waals surface area contributed by atoms with Crippen LogP contribution in [0.15, 0.2) is 61.6 Å². The lowest BCUT2D eigenvalue weighted by Crippen LogP contribution is -1.95. The van der Waals surface area contributed by atoms with Crippen LogP contribution in [-0.2, 0) is 16.4 Å². The fourth-order valence-electron chi connectivity index (χ4n) is 1.61. The lowest BCUT2D eigenvalue weighted by atomic mass is 10.2. The van der Waals surface area contributed by atoms with E-state index in [-0.39, 0.29) is 6.61 Å². The topological polar surface area (TPSA) is 54.4 Å². The Morgan fingerprint density at radius 1 is 1.15 bits per heavy atom. The summed E-state index contributed by atoms with van der Waals surface area (Å²) in [4.78, 5) is 2.28. The molecule has 0 radical (unpaired) electrons. The average Bonchev–Trinajstić information content (AvgIpc) is 2.40. The summed E-state index contributed by atoms with van der Waals surface area (Å²) in [6.45, 7) is 0.00655. The largest absolute Gasteiger partial charge is 0.392 e. The highest BCUT2D eigenvalue weighted by molar-refractivity contribution is 9.10. The molecule has 20 heavy (non-hydrogen) atoms. The lowest BCUT2D eigenvalue weighted by molar-refractivity contribution is 0.281. The molecule has 0 atom stereocenters. The van der Waals surface area contributed by atoms with Gasteiger partial charge in [0, 0.05) is 20.5 Å². The first-order valence-corrected chi connectivity index (χ1v) is 9.27. The summed E-state index contributed by atoms with van der Waals surface area (Å²) in [6.07, 6.45) is 1.19. The highest BCUT2D eigenvalue weighted by Gasteiger charge is 2.08. The van der Waals surface area contributed by atoms with Crippen LogP contribution in [0.25, 0.3) is 0 Å². The average molecular weight is 373 g/mol. The van der Waals surface area contributed by atoms with Gasteiger partial charge in [0.25, 0.3) is 0 Å². The summed E-state index contributed by atoms with van der Waals surface area (Å²) in [5.74, 6) is 0. The maximum atomic E-state index is 11.4. The third-order valence-electron chi connectivity index (χ3n) is 2.66. The second kappa shape index (κ2) is 6.30. The number of halogens is 1. The van der Waals surface area contributed by atoms with Crippen molar-refractivity contribution >= 4 is 37.5 Å². The molecule has 0 saturated carbocycles.